The predicted molar refractivity (Wildman–Crippen MR) is 112 cm³/mol. The van der Waals surface area contributed by atoms with E-state index >= 15 is 0 Å². The fraction of sp³-hybridized carbons (Fsp3) is 0.304. The Kier molecular flexibility index (Phi) is 6.27. The fourth-order valence-corrected chi connectivity index (χ4v) is 3.58. The van der Waals surface area contributed by atoms with Crippen LogP contribution in [-0.4, -0.2) is 51.7 Å². The Labute approximate surface area is 179 Å². The van der Waals surface area contributed by atoms with Gasteiger partial charge in [0.05, 0.1) is 0 Å². The van der Waals surface area contributed by atoms with Crippen LogP contribution < -0.4 is 4.74 Å². The van der Waals surface area contributed by atoms with Gasteiger partial charge in [-0.05, 0) is 36.2 Å². The number of rotatable bonds is 6. The molecule has 1 aliphatic rings. The highest BCUT2D eigenvalue weighted by atomic mass is 19.1. The first-order chi connectivity index (χ1) is 15.0. The van der Waals surface area contributed by atoms with Crippen molar-refractivity contribution < 1.29 is 18.3 Å². The summed E-state index contributed by atoms with van der Waals surface area (Å²) in [7, 11) is 0. The van der Waals surface area contributed by atoms with Crippen molar-refractivity contribution in [3.05, 3.63) is 83.2 Å². The van der Waals surface area contributed by atoms with E-state index in [0.29, 0.717) is 18.8 Å². The molecule has 4 rings (SSSR count). The highest BCUT2D eigenvalue weighted by molar-refractivity contribution is 5.92. The number of benzene rings is 2. The molecule has 8 heteroatoms. The molecule has 1 aliphatic heterocycles. The van der Waals surface area contributed by atoms with Crippen LogP contribution in [0.25, 0.3) is 0 Å². The quantitative estimate of drug-likeness (QED) is 0.606. The Balaban J connectivity index is 1.29. The highest BCUT2D eigenvalue weighted by Crippen LogP contribution is 2.18. The van der Waals surface area contributed by atoms with Crippen LogP contribution in [0.4, 0.5) is 8.78 Å². The number of hydrogen-bond acceptors (Lipinski definition) is 4. The minimum Gasteiger partial charge on any atom is -0.468 e. The van der Waals surface area contributed by atoms with Crippen LogP contribution >= 0.6 is 0 Å². The van der Waals surface area contributed by atoms with Gasteiger partial charge >= 0.3 is 0 Å². The average molecular weight is 426 g/mol. The van der Waals surface area contributed by atoms with Gasteiger partial charge in [0, 0.05) is 45.0 Å². The van der Waals surface area contributed by atoms with Gasteiger partial charge in [-0.25, -0.2) is 13.5 Å². The molecule has 3 aromatic rings. The lowest BCUT2D eigenvalue weighted by Crippen LogP contribution is -2.48. The van der Waals surface area contributed by atoms with Crippen LogP contribution in [0.5, 0.6) is 5.75 Å². The summed E-state index contributed by atoms with van der Waals surface area (Å²) in [6.07, 6.45) is 1.60. The Bertz CT molecular complexity index is 1060. The first-order valence-corrected chi connectivity index (χ1v) is 10.2. The first-order valence-electron chi connectivity index (χ1n) is 10.2. The monoisotopic (exact) mass is 426 g/mol. The zero-order chi connectivity index (χ0) is 21.8. The maximum Gasteiger partial charge on any atom is 0.274 e. The summed E-state index contributed by atoms with van der Waals surface area (Å²) in [5, 5.41) is 4.24. The molecular weight excluding hydrogens is 402 g/mol. The van der Waals surface area contributed by atoms with Crippen LogP contribution in [0.1, 0.15) is 21.6 Å². The van der Waals surface area contributed by atoms with E-state index in [1.807, 2.05) is 12.1 Å². The zero-order valence-corrected chi connectivity index (χ0v) is 17.3. The number of aromatic nitrogens is 2. The van der Waals surface area contributed by atoms with E-state index < -0.39 is 11.6 Å². The number of nitrogens with zero attached hydrogens (tertiary/aromatic N) is 4. The molecule has 0 aliphatic carbocycles. The molecule has 162 valence electrons. The van der Waals surface area contributed by atoms with Crippen molar-refractivity contribution in [2.24, 2.45) is 0 Å². The Morgan fingerprint density at radius 3 is 2.58 bits per heavy atom. The largest absolute Gasteiger partial charge is 0.468 e. The summed E-state index contributed by atoms with van der Waals surface area (Å²) < 4.78 is 33.4. The summed E-state index contributed by atoms with van der Waals surface area (Å²) >= 11 is 0. The third kappa shape index (κ3) is 5.08. The molecule has 31 heavy (non-hydrogen) atoms. The Morgan fingerprint density at radius 2 is 1.84 bits per heavy atom. The van der Waals surface area contributed by atoms with Crippen LogP contribution in [0.2, 0.25) is 0 Å². The number of carbonyl (C=O) groups excluding carboxylic acids is 1. The van der Waals surface area contributed by atoms with Gasteiger partial charge < -0.3 is 9.64 Å². The molecule has 6 nitrogen and oxygen atoms in total. The average Bonchev–Trinajstić information content (AvgIpc) is 3.24. The van der Waals surface area contributed by atoms with E-state index in [1.165, 1.54) is 21.9 Å². The Hall–Kier alpha value is -3.26. The van der Waals surface area contributed by atoms with E-state index in [-0.39, 0.29) is 18.4 Å². The van der Waals surface area contributed by atoms with Gasteiger partial charge in [-0.2, -0.15) is 5.10 Å². The van der Waals surface area contributed by atoms with Gasteiger partial charge in [-0.15, -0.1) is 0 Å². The van der Waals surface area contributed by atoms with Gasteiger partial charge in [0.1, 0.15) is 5.82 Å². The molecular formula is C23H24F2N4O2. The van der Waals surface area contributed by atoms with Crippen molar-refractivity contribution in [3.8, 4) is 5.75 Å². The van der Waals surface area contributed by atoms with Crippen LogP contribution in [-0.2, 0) is 13.3 Å². The molecule has 0 N–H and O–H groups in total. The summed E-state index contributed by atoms with van der Waals surface area (Å²) in [6.45, 7) is 5.77. The maximum atomic E-state index is 13.7. The third-order valence-corrected chi connectivity index (χ3v) is 5.42. The first kappa shape index (κ1) is 21.0. The van der Waals surface area contributed by atoms with E-state index in [4.69, 9.17) is 4.74 Å². The standard InChI is InChI=1S/C23H24F2N4O2/c1-17-4-2-3-5-18(17)15-27-10-12-28(13-11-27)23(30)21-8-9-29(26-21)16-31-22-7-6-19(24)14-20(22)25/h2-9,14H,10-13,15-16H2,1H3. The minimum atomic E-state index is -0.785. The number of hydrogen-bond donors (Lipinski definition) is 0. The van der Waals surface area contributed by atoms with Gasteiger partial charge in [-0.1, -0.05) is 24.3 Å². The lowest BCUT2D eigenvalue weighted by molar-refractivity contribution is 0.0620. The number of amides is 1. The molecule has 0 radical (unpaired) electrons. The van der Waals surface area contributed by atoms with Gasteiger partial charge in [0.2, 0.25) is 0 Å². The van der Waals surface area contributed by atoms with Crippen molar-refractivity contribution >= 4 is 5.91 Å². The number of halogens is 2. The number of ether oxygens (including phenoxy) is 1. The van der Waals surface area contributed by atoms with E-state index in [1.54, 1.807) is 17.2 Å². The molecule has 0 unspecified atom stereocenters. The molecule has 1 aromatic heterocycles. The van der Waals surface area contributed by atoms with Crippen molar-refractivity contribution in [3.63, 3.8) is 0 Å². The van der Waals surface area contributed by atoms with E-state index in [0.717, 1.165) is 31.8 Å². The van der Waals surface area contributed by atoms with Crippen LogP contribution in [0.3, 0.4) is 0 Å². The van der Waals surface area contributed by atoms with E-state index in [2.05, 4.69) is 29.1 Å². The maximum absolute atomic E-state index is 13.7. The lowest BCUT2D eigenvalue weighted by atomic mass is 10.1. The molecule has 0 atom stereocenters. The molecule has 0 spiro atoms. The fourth-order valence-electron chi connectivity index (χ4n) is 3.58. The SMILES string of the molecule is Cc1ccccc1CN1CCN(C(=O)c2ccn(COc3ccc(F)cc3F)n2)CC1. The molecule has 1 fully saturated rings. The number of piperazine rings is 1. The highest BCUT2D eigenvalue weighted by Gasteiger charge is 2.24. The summed E-state index contributed by atoms with van der Waals surface area (Å²) in [4.78, 5) is 16.9. The zero-order valence-electron chi connectivity index (χ0n) is 17.3. The van der Waals surface area contributed by atoms with Crippen LogP contribution in [0, 0.1) is 18.6 Å². The second-order valence-electron chi connectivity index (χ2n) is 7.58. The Morgan fingerprint density at radius 1 is 1.06 bits per heavy atom. The van der Waals surface area contributed by atoms with Crippen molar-refractivity contribution in [2.75, 3.05) is 26.2 Å². The van der Waals surface area contributed by atoms with Gasteiger partial charge in [-0.3, -0.25) is 9.69 Å². The second kappa shape index (κ2) is 9.26. The number of carbonyl (C=O) groups is 1. The molecule has 2 heterocycles. The summed E-state index contributed by atoms with van der Waals surface area (Å²) in [6, 6.07) is 13.0. The number of aryl methyl sites for hydroxylation is 1. The smallest absolute Gasteiger partial charge is 0.274 e. The van der Waals surface area contributed by atoms with Gasteiger partial charge in [0.25, 0.3) is 5.91 Å². The summed E-state index contributed by atoms with van der Waals surface area (Å²) in [5.41, 5.74) is 2.89. The van der Waals surface area contributed by atoms with Gasteiger partial charge in [0.15, 0.2) is 24.0 Å². The summed E-state index contributed by atoms with van der Waals surface area (Å²) in [5.74, 6) is -1.67. The van der Waals surface area contributed by atoms with Crippen molar-refractivity contribution in [2.45, 2.75) is 20.2 Å². The van der Waals surface area contributed by atoms with Crippen molar-refractivity contribution in [1.82, 2.24) is 19.6 Å². The molecule has 1 saturated heterocycles. The van der Waals surface area contributed by atoms with Crippen LogP contribution in [0.15, 0.2) is 54.7 Å². The minimum absolute atomic E-state index is 0.0745. The second-order valence-corrected chi connectivity index (χ2v) is 7.58. The third-order valence-electron chi connectivity index (χ3n) is 5.42. The molecule has 0 bridgehead atoms. The van der Waals surface area contributed by atoms with E-state index in [9.17, 15) is 13.6 Å². The normalized spacial score (nSPS) is 14.6. The predicted octanol–water partition coefficient (Wildman–Crippen LogP) is 3.46. The topological polar surface area (TPSA) is 50.6 Å². The lowest BCUT2D eigenvalue weighted by Gasteiger charge is -2.34. The molecule has 2 aromatic carbocycles. The molecule has 1 amide bonds. The molecule has 0 saturated carbocycles. The van der Waals surface area contributed by atoms with Crippen molar-refractivity contribution in [1.29, 1.82) is 0 Å².